The molecule has 0 unspecified atom stereocenters. The van der Waals surface area contributed by atoms with Crippen LogP contribution in [-0.4, -0.2) is 52.8 Å². The highest BCUT2D eigenvalue weighted by Gasteiger charge is 2.27. The van der Waals surface area contributed by atoms with Crippen LogP contribution in [0.15, 0.2) is 36.4 Å². The quantitative estimate of drug-likeness (QED) is 0.625. The average Bonchev–Trinajstić information content (AvgIpc) is 3.25. The van der Waals surface area contributed by atoms with Crippen molar-refractivity contribution in [1.82, 2.24) is 20.1 Å². The number of ether oxygens (including phenoxy) is 2. The Kier molecular flexibility index (Phi) is 6.43. The molecule has 1 aromatic carbocycles. The highest BCUT2D eigenvalue weighted by molar-refractivity contribution is 7.15. The van der Waals surface area contributed by atoms with Crippen molar-refractivity contribution in [3.05, 3.63) is 58.4 Å². The van der Waals surface area contributed by atoms with Gasteiger partial charge in [0.15, 0.2) is 0 Å². The first kappa shape index (κ1) is 21.2. The van der Waals surface area contributed by atoms with E-state index in [2.05, 4.69) is 27.4 Å². The SMILES string of the molecule is CCc1nnc(Nc2cc(C)nc([C@@H]3CN(C(=O)c4cccc(OC)c4)CCO3)c2)s1. The van der Waals surface area contributed by atoms with Gasteiger partial charge in [-0.05, 0) is 43.7 Å². The van der Waals surface area contributed by atoms with E-state index in [1.54, 1.807) is 24.1 Å². The second kappa shape index (κ2) is 9.40. The molecular formula is C22H25N5O3S. The second-order valence-electron chi connectivity index (χ2n) is 7.24. The standard InChI is InChI=1S/C22H25N5O3S/c1-4-20-25-26-22(31-20)24-16-10-14(2)23-18(12-16)19-13-27(8-9-30-19)21(28)15-6-5-7-17(11-15)29-3/h5-7,10-12,19H,4,8-9,13H2,1-3H3,(H,23,24,26)/t19-/m0/s1. The summed E-state index contributed by atoms with van der Waals surface area (Å²) < 4.78 is 11.2. The molecule has 0 radical (unpaired) electrons. The Bertz CT molecular complexity index is 1070. The first-order chi connectivity index (χ1) is 15.1. The Labute approximate surface area is 185 Å². The smallest absolute Gasteiger partial charge is 0.254 e. The van der Waals surface area contributed by atoms with Gasteiger partial charge in [-0.3, -0.25) is 9.78 Å². The molecule has 162 valence electrons. The number of morpholine rings is 1. The van der Waals surface area contributed by atoms with E-state index >= 15 is 0 Å². The van der Waals surface area contributed by atoms with Crippen LogP contribution in [0.2, 0.25) is 0 Å². The zero-order valence-corrected chi connectivity index (χ0v) is 18.6. The number of pyridine rings is 1. The third-order valence-corrected chi connectivity index (χ3v) is 5.98. The van der Waals surface area contributed by atoms with Gasteiger partial charge < -0.3 is 19.7 Å². The third kappa shape index (κ3) is 5.00. The summed E-state index contributed by atoms with van der Waals surface area (Å²) in [5, 5.41) is 13.4. The van der Waals surface area contributed by atoms with E-state index in [1.807, 2.05) is 31.2 Å². The van der Waals surface area contributed by atoms with E-state index < -0.39 is 0 Å². The molecule has 0 saturated carbocycles. The van der Waals surface area contributed by atoms with Crippen LogP contribution in [0, 0.1) is 6.92 Å². The lowest BCUT2D eigenvalue weighted by Crippen LogP contribution is -2.42. The van der Waals surface area contributed by atoms with Crippen molar-refractivity contribution in [2.24, 2.45) is 0 Å². The third-order valence-electron chi connectivity index (χ3n) is 4.99. The van der Waals surface area contributed by atoms with Gasteiger partial charge in [0.2, 0.25) is 5.13 Å². The number of rotatable bonds is 6. The van der Waals surface area contributed by atoms with Crippen LogP contribution in [0.4, 0.5) is 10.8 Å². The van der Waals surface area contributed by atoms with Crippen LogP contribution in [0.5, 0.6) is 5.75 Å². The fraction of sp³-hybridized carbons (Fsp3) is 0.364. The van der Waals surface area contributed by atoms with Crippen molar-refractivity contribution in [3.63, 3.8) is 0 Å². The van der Waals surface area contributed by atoms with Crippen LogP contribution < -0.4 is 10.1 Å². The number of benzene rings is 1. The maximum absolute atomic E-state index is 13.0. The Morgan fingerprint density at radius 1 is 1.32 bits per heavy atom. The summed E-state index contributed by atoms with van der Waals surface area (Å²) >= 11 is 1.53. The average molecular weight is 440 g/mol. The van der Waals surface area contributed by atoms with Crippen LogP contribution in [-0.2, 0) is 11.2 Å². The van der Waals surface area contributed by atoms with Gasteiger partial charge in [0.25, 0.3) is 5.91 Å². The van der Waals surface area contributed by atoms with Gasteiger partial charge in [0, 0.05) is 23.5 Å². The van der Waals surface area contributed by atoms with Gasteiger partial charge in [0.05, 0.1) is 26.0 Å². The predicted octanol–water partition coefficient (Wildman–Crippen LogP) is 3.77. The highest BCUT2D eigenvalue weighted by Crippen LogP contribution is 2.27. The Morgan fingerprint density at radius 3 is 2.97 bits per heavy atom. The van der Waals surface area contributed by atoms with Crippen LogP contribution >= 0.6 is 11.3 Å². The first-order valence-corrected chi connectivity index (χ1v) is 11.0. The van der Waals surface area contributed by atoms with Gasteiger partial charge in [-0.1, -0.05) is 24.3 Å². The molecular weight excluding hydrogens is 414 g/mol. The number of carbonyl (C=O) groups is 1. The Hall–Kier alpha value is -3.04. The summed E-state index contributed by atoms with van der Waals surface area (Å²) in [6.07, 6.45) is 0.553. The Morgan fingerprint density at radius 2 is 2.19 bits per heavy atom. The van der Waals surface area contributed by atoms with Gasteiger partial charge in [-0.2, -0.15) is 0 Å². The van der Waals surface area contributed by atoms with Crippen molar-refractivity contribution in [3.8, 4) is 5.75 Å². The van der Waals surface area contributed by atoms with E-state index in [-0.39, 0.29) is 12.0 Å². The van der Waals surface area contributed by atoms with Crippen LogP contribution in [0.3, 0.4) is 0 Å². The fourth-order valence-corrected chi connectivity index (χ4v) is 4.15. The Balaban J connectivity index is 1.51. The van der Waals surface area contributed by atoms with E-state index in [4.69, 9.17) is 9.47 Å². The summed E-state index contributed by atoms with van der Waals surface area (Å²) in [7, 11) is 1.59. The molecule has 0 aliphatic carbocycles. The van der Waals surface area contributed by atoms with E-state index in [1.165, 1.54) is 11.3 Å². The summed E-state index contributed by atoms with van der Waals surface area (Å²) in [6, 6.07) is 11.1. The topological polar surface area (TPSA) is 89.5 Å². The molecule has 1 aliphatic rings. The minimum atomic E-state index is -0.301. The minimum absolute atomic E-state index is 0.0424. The van der Waals surface area contributed by atoms with E-state index in [9.17, 15) is 4.79 Å². The molecule has 1 atom stereocenters. The maximum Gasteiger partial charge on any atom is 0.254 e. The van der Waals surface area contributed by atoms with Crippen molar-refractivity contribution in [2.45, 2.75) is 26.4 Å². The molecule has 0 bridgehead atoms. The normalized spacial score (nSPS) is 16.2. The highest BCUT2D eigenvalue weighted by atomic mass is 32.1. The van der Waals surface area contributed by atoms with Crippen molar-refractivity contribution in [2.75, 3.05) is 32.1 Å². The lowest BCUT2D eigenvalue weighted by Gasteiger charge is -2.33. The summed E-state index contributed by atoms with van der Waals surface area (Å²) in [5.41, 5.74) is 3.12. The summed E-state index contributed by atoms with van der Waals surface area (Å²) in [4.78, 5) is 19.5. The molecule has 3 aromatic rings. The van der Waals surface area contributed by atoms with Crippen molar-refractivity contribution >= 4 is 28.1 Å². The second-order valence-corrected chi connectivity index (χ2v) is 8.31. The monoisotopic (exact) mass is 439 g/mol. The number of nitrogens with one attached hydrogen (secondary N) is 1. The largest absolute Gasteiger partial charge is 0.497 e. The van der Waals surface area contributed by atoms with Gasteiger partial charge in [-0.25, -0.2) is 0 Å². The molecule has 1 saturated heterocycles. The van der Waals surface area contributed by atoms with E-state index in [0.29, 0.717) is 31.0 Å². The summed E-state index contributed by atoms with van der Waals surface area (Å²) in [5.74, 6) is 0.619. The number of aryl methyl sites for hydroxylation is 2. The molecule has 1 aliphatic heterocycles. The number of anilines is 2. The van der Waals surface area contributed by atoms with Crippen LogP contribution in [0.25, 0.3) is 0 Å². The zero-order valence-electron chi connectivity index (χ0n) is 17.8. The molecule has 2 aromatic heterocycles. The van der Waals surface area contributed by atoms with Crippen molar-refractivity contribution in [1.29, 1.82) is 0 Å². The van der Waals surface area contributed by atoms with Gasteiger partial charge in [-0.15, -0.1) is 10.2 Å². The number of hydrogen-bond donors (Lipinski definition) is 1. The molecule has 31 heavy (non-hydrogen) atoms. The van der Waals surface area contributed by atoms with E-state index in [0.717, 1.165) is 33.6 Å². The fourth-order valence-electron chi connectivity index (χ4n) is 3.45. The molecule has 1 amide bonds. The zero-order chi connectivity index (χ0) is 21.8. The summed E-state index contributed by atoms with van der Waals surface area (Å²) in [6.45, 7) is 5.42. The number of aromatic nitrogens is 3. The molecule has 1 fully saturated rings. The molecule has 3 heterocycles. The minimum Gasteiger partial charge on any atom is -0.497 e. The number of amides is 1. The maximum atomic E-state index is 13.0. The molecule has 1 N–H and O–H groups in total. The lowest BCUT2D eigenvalue weighted by atomic mass is 10.1. The molecule has 4 rings (SSSR count). The van der Waals surface area contributed by atoms with Gasteiger partial charge in [0.1, 0.15) is 16.9 Å². The van der Waals surface area contributed by atoms with Crippen LogP contribution in [0.1, 0.15) is 39.8 Å². The van der Waals surface area contributed by atoms with Crippen molar-refractivity contribution < 1.29 is 14.3 Å². The number of nitrogens with zero attached hydrogens (tertiary/aromatic N) is 4. The predicted molar refractivity (Wildman–Crippen MR) is 119 cm³/mol. The molecule has 8 nitrogen and oxygen atoms in total. The first-order valence-electron chi connectivity index (χ1n) is 10.2. The molecule has 0 spiro atoms. The number of methoxy groups -OCH3 is 1. The molecule has 9 heteroatoms. The number of carbonyl (C=O) groups excluding carboxylic acids is 1. The number of hydrogen-bond acceptors (Lipinski definition) is 8. The lowest BCUT2D eigenvalue weighted by molar-refractivity contribution is -0.0247. The van der Waals surface area contributed by atoms with Gasteiger partial charge >= 0.3 is 0 Å².